The van der Waals surface area contributed by atoms with Crippen molar-refractivity contribution in [3.05, 3.63) is 58.6 Å². The lowest BCUT2D eigenvalue weighted by molar-refractivity contribution is 0.0600. The molecule has 0 saturated carbocycles. The minimum atomic E-state index is -0.328. The zero-order chi connectivity index (χ0) is 14.5. The second kappa shape index (κ2) is 6.68. The fraction of sp³-hybridized carbons (Fsp3) is 0.133. The number of anilines is 1. The summed E-state index contributed by atoms with van der Waals surface area (Å²) in [4.78, 5) is 12.3. The standard InChI is InChI=1S/C15H14ClNO2S/c1-19-15(18)11-4-2-10(3-5-11)9-20-14-7-6-12(16)8-13(14)17/h2-8H,9,17H2,1H3. The molecule has 2 rings (SSSR count). The highest BCUT2D eigenvalue weighted by Gasteiger charge is 2.05. The first-order chi connectivity index (χ1) is 9.60. The Balaban J connectivity index is 2.02. The van der Waals surface area contributed by atoms with Crippen LogP contribution >= 0.6 is 23.4 Å². The first-order valence-electron chi connectivity index (χ1n) is 5.95. The summed E-state index contributed by atoms with van der Waals surface area (Å²) >= 11 is 7.49. The topological polar surface area (TPSA) is 52.3 Å². The van der Waals surface area contributed by atoms with E-state index in [1.165, 1.54) is 7.11 Å². The molecule has 0 aliphatic rings. The van der Waals surface area contributed by atoms with Gasteiger partial charge in [-0.2, -0.15) is 0 Å². The Morgan fingerprint density at radius 3 is 2.55 bits per heavy atom. The van der Waals surface area contributed by atoms with Crippen molar-refractivity contribution in [1.29, 1.82) is 0 Å². The molecule has 0 bridgehead atoms. The third-order valence-electron chi connectivity index (χ3n) is 2.74. The Hall–Kier alpha value is -1.65. The van der Waals surface area contributed by atoms with Gasteiger partial charge in [0.25, 0.3) is 0 Å². The van der Waals surface area contributed by atoms with Gasteiger partial charge in [0, 0.05) is 21.4 Å². The molecule has 5 heteroatoms. The van der Waals surface area contributed by atoms with E-state index >= 15 is 0 Å². The predicted octanol–water partition coefficient (Wildman–Crippen LogP) is 4.00. The minimum absolute atomic E-state index is 0.328. The lowest BCUT2D eigenvalue weighted by Gasteiger charge is -2.06. The van der Waals surface area contributed by atoms with E-state index in [0.717, 1.165) is 16.2 Å². The van der Waals surface area contributed by atoms with Crippen LogP contribution in [0.2, 0.25) is 5.02 Å². The highest BCUT2D eigenvalue weighted by Crippen LogP contribution is 2.30. The number of nitrogens with two attached hydrogens (primary N) is 1. The quantitative estimate of drug-likeness (QED) is 0.527. The highest BCUT2D eigenvalue weighted by molar-refractivity contribution is 7.98. The second-order valence-electron chi connectivity index (χ2n) is 4.16. The van der Waals surface area contributed by atoms with Gasteiger partial charge in [0.2, 0.25) is 0 Å². The Morgan fingerprint density at radius 2 is 1.95 bits per heavy atom. The fourth-order valence-corrected chi connectivity index (χ4v) is 2.75. The van der Waals surface area contributed by atoms with Crippen molar-refractivity contribution in [3.8, 4) is 0 Å². The molecule has 20 heavy (non-hydrogen) atoms. The number of thioether (sulfide) groups is 1. The summed E-state index contributed by atoms with van der Waals surface area (Å²) in [6, 6.07) is 12.8. The molecular weight excluding hydrogens is 294 g/mol. The molecule has 0 aliphatic carbocycles. The first kappa shape index (κ1) is 14.8. The van der Waals surface area contributed by atoms with E-state index in [1.54, 1.807) is 30.0 Å². The maximum Gasteiger partial charge on any atom is 0.337 e. The van der Waals surface area contributed by atoms with E-state index in [4.69, 9.17) is 17.3 Å². The van der Waals surface area contributed by atoms with Crippen LogP contribution in [-0.4, -0.2) is 13.1 Å². The Bertz CT molecular complexity index is 614. The molecule has 0 aliphatic heterocycles. The van der Waals surface area contributed by atoms with Crippen LogP contribution in [-0.2, 0) is 10.5 Å². The van der Waals surface area contributed by atoms with Crippen LogP contribution < -0.4 is 5.73 Å². The van der Waals surface area contributed by atoms with Gasteiger partial charge >= 0.3 is 5.97 Å². The third-order valence-corrected chi connectivity index (χ3v) is 4.14. The van der Waals surface area contributed by atoms with Crippen molar-refractivity contribution in [1.82, 2.24) is 0 Å². The van der Waals surface area contributed by atoms with Gasteiger partial charge in [-0.3, -0.25) is 0 Å². The Kier molecular flexibility index (Phi) is 4.93. The summed E-state index contributed by atoms with van der Waals surface area (Å²) in [5, 5.41) is 0.634. The number of hydrogen-bond acceptors (Lipinski definition) is 4. The number of halogens is 1. The van der Waals surface area contributed by atoms with Crippen LogP contribution in [0.15, 0.2) is 47.4 Å². The van der Waals surface area contributed by atoms with Crippen molar-refractivity contribution in [2.24, 2.45) is 0 Å². The van der Waals surface area contributed by atoms with Gasteiger partial charge in [0.05, 0.1) is 12.7 Å². The number of methoxy groups -OCH3 is 1. The lowest BCUT2D eigenvalue weighted by Crippen LogP contribution is -2.00. The van der Waals surface area contributed by atoms with E-state index in [0.29, 0.717) is 16.3 Å². The Morgan fingerprint density at radius 1 is 1.25 bits per heavy atom. The van der Waals surface area contributed by atoms with Crippen LogP contribution in [0.5, 0.6) is 0 Å². The number of ether oxygens (including phenoxy) is 1. The summed E-state index contributed by atoms with van der Waals surface area (Å²) in [5.41, 5.74) is 8.23. The van der Waals surface area contributed by atoms with Crippen molar-refractivity contribution in [2.45, 2.75) is 10.6 Å². The molecule has 3 nitrogen and oxygen atoms in total. The smallest absolute Gasteiger partial charge is 0.337 e. The van der Waals surface area contributed by atoms with Gasteiger partial charge in [-0.25, -0.2) is 4.79 Å². The van der Waals surface area contributed by atoms with Gasteiger partial charge in [-0.1, -0.05) is 23.7 Å². The van der Waals surface area contributed by atoms with E-state index in [9.17, 15) is 4.79 Å². The summed E-state index contributed by atoms with van der Waals surface area (Å²) in [6.07, 6.45) is 0. The molecule has 0 fully saturated rings. The number of carbonyl (C=O) groups excluding carboxylic acids is 1. The van der Waals surface area contributed by atoms with E-state index < -0.39 is 0 Å². The molecule has 0 atom stereocenters. The van der Waals surface area contributed by atoms with Crippen LogP contribution in [0.3, 0.4) is 0 Å². The number of benzene rings is 2. The number of hydrogen-bond donors (Lipinski definition) is 1. The van der Waals surface area contributed by atoms with Gasteiger partial charge < -0.3 is 10.5 Å². The van der Waals surface area contributed by atoms with Crippen molar-refractivity contribution < 1.29 is 9.53 Å². The van der Waals surface area contributed by atoms with E-state index in [2.05, 4.69) is 4.74 Å². The average Bonchev–Trinajstić information content (AvgIpc) is 2.46. The average molecular weight is 308 g/mol. The van der Waals surface area contributed by atoms with Crippen LogP contribution in [0.4, 0.5) is 5.69 Å². The summed E-state index contributed by atoms with van der Waals surface area (Å²) in [5.74, 6) is 0.443. The summed E-state index contributed by atoms with van der Waals surface area (Å²) in [6.45, 7) is 0. The van der Waals surface area contributed by atoms with Crippen LogP contribution in [0, 0.1) is 0 Å². The molecule has 2 aromatic carbocycles. The molecule has 104 valence electrons. The molecular formula is C15H14ClNO2S. The van der Waals surface area contributed by atoms with E-state index in [1.807, 2.05) is 24.3 Å². The number of carbonyl (C=O) groups is 1. The zero-order valence-electron chi connectivity index (χ0n) is 10.9. The van der Waals surface area contributed by atoms with E-state index in [-0.39, 0.29) is 5.97 Å². The molecule has 0 unspecified atom stereocenters. The normalized spacial score (nSPS) is 10.3. The lowest BCUT2D eigenvalue weighted by atomic mass is 10.1. The van der Waals surface area contributed by atoms with Crippen molar-refractivity contribution >= 4 is 35.0 Å². The fourth-order valence-electron chi connectivity index (χ4n) is 1.67. The SMILES string of the molecule is COC(=O)c1ccc(CSc2ccc(Cl)cc2N)cc1. The molecule has 0 radical (unpaired) electrons. The predicted molar refractivity (Wildman–Crippen MR) is 83.2 cm³/mol. The maximum atomic E-state index is 11.3. The van der Waals surface area contributed by atoms with Gasteiger partial charge in [0.1, 0.15) is 0 Å². The van der Waals surface area contributed by atoms with Crippen LogP contribution in [0.1, 0.15) is 15.9 Å². The molecule has 2 N–H and O–H groups in total. The number of rotatable bonds is 4. The second-order valence-corrected chi connectivity index (χ2v) is 5.61. The molecule has 0 saturated heterocycles. The van der Waals surface area contributed by atoms with Crippen molar-refractivity contribution in [2.75, 3.05) is 12.8 Å². The van der Waals surface area contributed by atoms with Gasteiger partial charge in [-0.05, 0) is 35.9 Å². The molecule has 2 aromatic rings. The third kappa shape index (κ3) is 3.68. The zero-order valence-corrected chi connectivity index (χ0v) is 12.5. The van der Waals surface area contributed by atoms with Gasteiger partial charge in [-0.15, -0.1) is 11.8 Å². The number of nitrogen functional groups attached to an aromatic ring is 1. The minimum Gasteiger partial charge on any atom is -0.465 e. The molecule has 0 aromatic heterocycles. The maximum absolute atomic E-state index is 11.3. The van der Waals surface area contributed by atoms with Crippen LogP contribution in [0.25, 0.3) is 0 Å². The van der Waals surface area contributed by atoms with Gasteiger partial charge in [0.15, 0.2) is 0 Å². The highest BCUT2D eigenvalue weighted by atomic mass is 35.5. The summed E-state index contributed by atoms with van der Waals surface area (Å²) in [7, 11) is 1.37. The molecule has 0 heterocycles. The molecule has 0 amide bonds. The summed E-state index contributed by atoms with van der Waals surface area (Å²) < 4.78 is 4.66. The monoisotopic (exact) mass is 307 g/mol. The Labute approximate surface area is 127 Å². The number of esters is 1. The molecule has 0 spiro atoms. The van der Waals surface area contributed by atoms with Crippen molar-refractivity contribution in [3.63, 3.8) is 0 Å². The first-order valence-corrected chi connectivity index (χ1v) is 7.31. The largest absolute Gasteiger partial charge is 0.465 e.